The monoisotopic (exact) mass is 330 g/mol. The van der Waals surface area contributed by atoms with E-state index in [1.165, 1.54) is 0 Å². The van der Waals surface area contributed by atoms with Crippen LogP contribution in [0.5, 0.6) is 0 Å². The maximum Gasteiger partial charge on any atom is 0.266 e. The minimum absolute atomic E-state index is 0.0699. The molecule has 0 radical (unpaired) electrons. The third-order valence-corrected chi connectivity index (χ3v) is 4.56. The molecule has 0 saturated carbocycles. The van der Waals surface area contributed by atoms with E-state index in [2.05, 4.69) is 15.3 Å². The number of aromatic nitrogens is 2. The lowest BCUT2D eigenvalue weighted by Crippen LogP contribution is -2.23. The van der Waals surface area contributed by atoms with E-state index >= 15 is 0 Å². The summed E-state index contributed by atoms with van der Waals surface area (Å²) in [5, 5.41) is 12.9. The van der Waals surface area contributed by atoms with Crippen molar-refractivity contribution in [2.45, 2.75) is 40.2 Å². The van der Waals surface area contributed by atoms with Gasteiger partial charge in [-0.1, -0.05) is 0 Å². The lowest BCUT2D eigenvalue weighted by molar-refractivity contribution is -0.121. The van der Waals surface area contributed by atoms with E-state index < -0.39 is 0 Å². The fourth-order valence-corrected chi connectivity index (χ4v) is 3.15. The number of hydrogen-bond donors (Lipinski definition) is 2. The van der Waals surface area contributed by atoms with E-state index in [-0.39, 0.29) is 17.0 Å². The zero-order chi connectivity index (χ0) is 17.0. The molecule has 2 aromatic rings. The zero-order valence-electron chi connectivity index (χ0n) is 13.3. The highest BCUT2D eigenvalue weighted by Gasteiger charge is 2.13. The van der Waals surface area contributed by atoms with Gasteiger partial charge in [0.05, 0.1) is 11.6 Å². The van der Waals surface area contributed by atoms with E-state index in [1.807, 2.05) is 13.0 Å². The number of aromatic amines is 1. The lowest BCUT2D eigenvalue weighted by Gasteiger charge is -2.10. The van der Waals surface area contributed by atoms with Crippen LogP contribution < -0.4 is 10.9 Å². The summed E-state index contributed by atoms with van der Waals surface area (Å²) in [6.07, 6.45) is 2.54. The van der Waals surface area contributed by atoms with Crippen molar-refractivity contribution in [1.29, 1.82) is 5.26 Å². The summed E-state index contributed by atoms with van der Waals surface area (Å²) in [5.74, 6) is -0.0699. The summed E-state index contributed by atoms with van der Waals surface area (Å²) in [7, 11) is 0. The molecule has 2 N–H and O–H groups in total. The first-order chi connectivity index (χ1) is 10.9. The van der Waals surface area contributed by atoms with Crippen molar-refractivity contribution in [2.75, 3.05) is 0 Å². The second-order valence-electron chi connectivity index (χ2n) is 5.29. The fourth-order valence-electron chi connectivity index (χ4n) is 2.42. The number of nitrogens with one attached hydrogen (secondary N) is 2. The number of aryl methyl sites for hydroxylation is 2. The molecule has 7 heteroatoms. The first-order valence-electron chi connectivity index (χ1n) is 7.22. The Morgan fingerprint density at radius 3 is 2.78 bits per heavy atom. The van der Waals surface area contributed by atoms with E-state index in [9.17, 15) is 9.59 Å². The molecule has 2 aromatic heterocycles. The van der Waals surface area contributed by atoms with Gasteiger partial charge in [0.1, 0.15) is 11.6 Å². The molecule has 0 atom stereocenters. The highest BCUT2D eigenvalue weighted by molar-refractivity contribution is 7.11. The molecule has 120 valence electrons. The van der Waals surface area contributed by atoms with E-state index in [4.69, 9.17) is 5.26 Å². The molecular formula is C16H18N4O2S. The number of hydrogen-bond acceptors (Lipinski definition) is 5. The average Bonchev–Trinajstić information content (AvgIpc) is 2.90. The van der Waals surface area contributed by atoms with E-state index in [1.54, 1.807) is 31.4 Å². The van der Waals surface area contributed by atoms with Crippen molar-refractivity contribution < 1.29 is 4.79 Å². The molecular weight excluding hydrogens is 312 g/mol. The van der Waals surface area contributed by atoms with Gasteiger partial charge in [0, 0.05) is 23.2 Å². The molecule has 2 rings (SSSR count). The smallest absolute Gasteiger partial charge is 0.266 e. The Labute approximate surface area is 138 Å². The molecule has 0 aliphatic rings. The molecule has 23 heavy (non-hydrogen) atoms. The zero-order valence-corrected chi connectivity index (χ0v) is 14.1. The minimum atomic E-state index is -0.378. The van der Waals surface area contributed by atoms with Gasteiger partial charge < -0.3 is 10.3 Å². The SMILES string of the molecule is Cc1ncc(CNC(=O)CCc2c(C)[nH]c(=O)c(C#N)c2C)s1. The minimum Gasteiger partial charge on any atom is -0.351 e. The number of rotatable bonds is 5. The number of carbonyl (C=O) groups is 1. The summed E-state index contributed by atoms with van der Waals surface area (Å²) in [5.41, 5.74) is 1.95. The van der Waals surface area contributed by atoms with Crippen LogP contribution in [0.15, 0.2) is 11.0 Å². The van der Waals surface area contributed by atoms with Crippen molar-refractivity contribution in [3.63, 3.8) is 0 Å². The highest BCUT2D eigenvalue weighted by Crippen LogP contribution is 2.15. The van der Waals surface area contributed by atoms with Crippen LogP contribution in [-0.2, 0) is 17.8 Å². The Morgan fingerprint density at radius 2 is 2.17 bits per heavy atom. The highest BCUT2D eigenvalue weighted by atomic mass is 32.1. The molecule has 2 heterocycles. The predicted octanol–water partition coefficient (Wildman–Crippen LogP) is 1.88. The molecule has 1 amide bonds. The molecule has 0 aliphatic carbocycles. The van der Waals surface area contributed by atoms with Crippen molar-refractivity contribution in [3.8, 4) is 6.07 Å². The first kappa shape index (κ1) is 16.9. The van der Waals surface area contributed by atoms with Gasteiger partial charge in [-0.05, 0) is 38.3 Å². The summed E-state index contributed by atoms with van der Waals surface area (Å²) < 4.78 is 0. The molecule has 0 spiro atoms. The normalized spacial score (nSPS) is 10.3. The Balaban J connectivity index is 1.99. The number of H-pyrrole nitrogens is 1. The second-order valence-corrected chi connectivity index (χ2v) is 6.61. The summed E-state index contributed by atoms with van der Waals surface area (Å²) in [6, 6.07) is 1.92. The van der Waals surface area contributed by atoms with Gasteiger partial charge in [0.15, 0.2) is 0 Å². The van der Waals surface area contributed by atoms with Crippen LogP contribution in [0.4, 0.5) is 0 Å². The lowest BCUT2D eigenvalue weighted by atomic mass is 9.99. The second kappa shape index (κ2) is 7.20. The van der Waals surface area contributed by atoms with Crippen LogP contribution in [0.3, 0.4) is 0 Å². The Morgan fingerprint density at radius 1 is 1.43 bits per heavy atom. The molecule has 0 aromatic carbocycles. The number of amides is 1. The topological polar surface area (TPSA) is 98.6 Å². The molecule has 0 fully saturated rings. The molecule has 6 nitrogen and oxygen atoms in total. The van der Waals surface area contributed by atoms with Crippen molar-refractivity contribution in [1.82, 2.24) is 15.3 Å². The van der Waals surface area contributed by atoms with Gasteiger partial charge >= 0.3 is 0 Å². The van der Waals surface area contributed by atoms with Gasteiger partial charge in [0.2, 0.25) is 5.91 Å². The standard InChI is InChI=1S/C16H18N4O2S/c1-9-13(10(2)20-16(22)14(9)6-17)4-5-15(21)19-8-12-7-18-11(3)23-12/h7H,4-5,8H2,1-3H3,(H,19,21)(H,20,22). The van der Waals surface area contributed by atoms with E-state index in [0.29, 0.717) is 30.6 Å². The number of nitriles is 1. The van der Waals surface area contributed by atoms with Crippen molar-refractivity contribution in [2.24, 2.45) is 0 Å². The fraction of sp³-hybridized carbons (Fsp3) is 0.375. The summed E-state index contributed by atoms with van der Waals surface area (Å²) in [6.45, 7) is 5.92. The predicted molar refractivity (Wildman–Crippen MR) is 88.3 cm³/mol. The Kier molecular flexibility index (Phi) is 5.29. The van der Waals surface area contributed by atoms with Crippen LogP contribution in [0.1, 0.15) is 38.7 Å². The molecule has 0 bridgehead atoms. The van der Waals surface area contributed by atoms with Gasteiger partial charge in [-0.25, -0.2) is 4.98 Å². The number of thiazole rings is 1. The number of pyridine rings is 1. The van der Waals surface area contributed by atoms with Gasteiger partial charge in [-0.2, -0.15) is 5.26 Å². The van der Waals surface area contributed by atoms with Gasteiger partial charge in [-0.15, -0.1) is 11.3 Å². The first-order valence-corrected chi connectivity index (χ1v) is 8.04. The number of nitrogens with zero attached hydrogens (tertiary/aromatic N) is 2. The summed E-state index contributed by atoms with van der Waals surface area (Å²) in [4.78, 5) is 31.5. The van der Waals surface area contributed by atoms with Gasteiger partial charge in [0.25, 0.3) is 5.56 Å². The van der Waals surface area contributed by atoms with Crippen LogP contribution in [0.25, 0.3) is 0 Å². The Bertz CT molecular complexity index is 830. The Hall–Kier alpha value is -2.46. The maximum absolute atomic E-state index is 12.0. The number of carbonyl (C=O) groups excluding carboxylic acids is 1. The van der Waals surface area contributed by atoms with Gasteiger partial charge in [-0.3, -0.25) is 9.59 Å². The third-order valence-electron chi connectivity index (χ3n) is 3.65. The molecule has 0 aliphatic heterocycles. The molecule has 0 unspecified atom stereocenters. The largest absolute Gasteiger partial charge is 0.351 e. The summed E-state index contributed by atoms with van der Waals surface area (Å²) >= 11 is 1.55. The maximum atomic E-state index is 12.0. The van der Waals surface area contributed by atoms with Crippen LogP contribution >= 0.6 is 11.3 Å². The van der Waals surface area contributed by atoms with Crippen LogP contribution in [-0.4, -0.2) is 15.9 Å². The molecule has 0 saturated heterocycles. The van der Waals surface area contributed by atoms with Crippen LogP contribution in [0.2, 0.25) is 0 Å². The third kappa shape index (κ3) is 4.05. The van der Waals surface area contributed by atoms with Crippen molar-refractivity contribution in [3.05, 3.63) is 48.8 Å². The van der Waals surface area contributed by atoms with E-state index in [0.717, 1.165) is 15.4 Å². The van der Waals surface area contributed by atoms with Crippen molar-refractivity contribution >= 4 is 17.2 Å². The quantitative estimate of drug-likeness (QED) is 0.874. The van der Waals surface area contributed by atoms with Crippen LogP contribution in [0, 0.1) is 32.1 Å². The average molecular weight is 330 g/mol.